The molecule has 2 aromatic heterocycles. The molecule has 0 aliphatic carbocycles. The fraction of sp³-hybridized carbons (Fsp3) is 0.130. The lowest BCUT2D eigenvalue weighted by Gasteiger charge is -2.10. The van der Waals surface area contributed by atoms with Gasteiger partial charge in [0.1, 0.15) is 11.6 Å². The predicted octanol–water partition coefficient (Wildman–Crippen LogP) is 3.42. The van der Waals surface area contributed by atoms with Gasteiger partial charge in [-0.15, -0.1) is 10.2 Å². The van der Waals surface area contributed by atoms with E-state index in [1.807, 2.05) is 53.1 Å². The van der Waals surface area contributed by atoms with Crippen LogP contribution in [0.25, 0.3) is 5.69 Å². The lowest BCUT2D eigenvalue weighted by atomic mass is 10.1. The van der Waals surface area contributed by atoms with Gasteiger partial charge in [0.15, 0.2) is 16.7 Å². The standard InChI is InChI=1S/C23H19N5O4S/c29-22(26-24-13-18-7-4-10-30-18)14-33-23-27-25-21(28(23)17-5-2-1-3-6-17)12-16-8-9-19-20(11-16)32-15-31-19/h1-11,13H,12,14-15H2,(H,26,29)/b24-13+. The summed E-state index contributed by atoms with van der Waals surface area (Å²) in [5, 5.41) is 13.3. The van der Waals surface area contributed by atoms with Crippen molar-refractivity contribution in [3.63, 3.8) is 0 Å². The number of carbonyl (C=O) groups is 1. The van der Waals surface area contributed by atoms with Crippen LogP contribution in [0.3, 0.4) is 0 Å². The first-order chi connectivity index (χ1) is 16.3. The summed E-state index contributed by atoms with van der Waals surface area (Å²) < 4.78 is 18.0. The lowest BCUT2D eigenvalue weighted by molar-refractivity contribution is -0.118. The van der Waals surface area contributed by atoms with Crippen LogP contribution in [0.2, 0.25) is 0 Å². The zero-order valence-corrected chi connectivity index (χ0v) is 18.2. The fourth-order valence-corrected chi connectivity index (χ4v) is 4.04. The summed E-state index contributed by atoms with van der Waals surface area (Å²) in [4.78, 5) is 12.2. The Morgan fingerprint density at radius 3 is 2.82 bits per heavy atom. The van der Waals surface area contributed by atoms with E-state index in [2.05, 4.69) is 20.7 Å². The monoisotopic (exact) mass is 461 g/mol. The fourth-order valence-electron chi connectivity index (χ4n) is 3.27. The van der Waals surface area contributed by atoms with E-state index in [0.29, 0.717) is 17.3 Å². The van der Waals surface area contributed by atoms with E-state index in [0.717, 1.165) is 28.6 Å². The van der Waals surface area contributed by atoms with Crippen LogP contribution in [-0.4, -0.2) is 39.4 Å². The number of ether oxygens (including phenoxy) is 2. The number of carbonyl (C=O) groups excluding carboxylic acids is 1. The van der Waals surface area contributed by atoms with Gasteiger partial charge >= 0.3 is 0 Å². The molecule has 3 heterocycles. The van der Waals surface area contributed by atoms with Gasteiger partial charge in [-0.2, -0.15) is 5.10 Å². The predicted molar refractivity (Wildman–Crippen MR) is 122 cm³/mol. The molecule has 0 unspecified atom stereocenters. The molecular formula is C23H19N5O4S. The number of nitrogens with zero attached hydrogens (tertiary/aromatic N) is 4. The van der Waals surface area contributed by atoms with Crippen molar-refractivity contribution in [1.82, 2.24) is 20.2 Å². The number of para-hydroxylation sites is 1. The van der Waals surface area contributed by atoms with E-state index in [9.17, 15) is 4.79 Å². The number of hydrogen-bond acceptors (Lipinski definition) is 8. The van der Waals surface area contributed by atoms with Crippen molar-refractivity contribution in [3.8, 4) is 17.2 Å². The second-order valence-corrected chi connectivity index (χ2v) is 7.97. The number of furan rings is 1. The van der Waals surface area contributed by atoms with Gasteiger partial charge in [-0.1, -0.05) is 36.0 Å². The first-order valence-corrected chi connectivity index (χ1v) is 11.1. The molecule has 0 fully saturated rings. The summed E-state index contributed by atoms with van der Waals surface area (Å²) in [5.74, 6) is 2.63. The van der Waals surface area contributed by atoms with Crippen LogP contribution < -0.4 is 14.9 Å². The van der Waals surface area contributed by atoms with Crippen LogP contribution in [0.5, 0.6) is 11.5 Å². The molecular weight excluding hydrogens is 442 g/mol. The van der Waals surface area contributed by atoms with Gasteiger partial charge in [0.25, 0.3) is 5.91 Å². The number of hydrazone groups is 1. The largest absolute Gasteiger partial charge is 0.463 e. The number of hydrogen-bond donors (Lipinski definition) is 1. The summed E-state index contributed by atoms with van der Waals surface area (Å²) in [6.07, 6.45) is 3.52. The minimum absolute atomic E-state index is 0.129. The third-order valence-corrected chi connectivity index (χ3v) is 5.70. The summed E-state index contributed by atoms with van der Waals surface area (Å²) in [6, 6.07) is 19.1. The zero-order chi connectivity index (χ0) is 22.5. The Morgan fingerprint density at radius 1 is 1.09 bits per heavy atom. The highest BCUT2D eigenvalue weighted by molar-refractivity contribution is 7.99. The van der Waals surface area contributed by atoms with Crippen LogP contribution in [-0.2, 0) is 11.2 Å². The first-order valence-electron chi connectivity index (χ1n) is 10.1. The van der Waals surface area contributed by atoms with Crippen LogP contribution in [0.1, 0.15) is 17.1 Å². The van der Waals surface area contributed by atoms with Crippen molar-refractivity contribution in [2.45, 2.75) is 11.6 Å². The Bertz CT molecular complexity index is 1270. The average Bonchev–Trinajstić information content (AvgIpc) is 3.59. The molecule has 0 bridgehead atoms. The van der Waals surface area contributed by atoms with Crippen LogP contribution in [0, 0.1) is 0 Å². The average molecular weight is 462 g/mol. The van der Waals surface area contributed by atoms with Gasteiger partial charge in [0.2, 0.25) is 6.79 Å². The quantitative estimate of drug-likeness (QED) is 0.244. The lowest BCUT2D eigenvalue weighted by Crippen LogP contribution is -2.20. The summed E-state index contributed by atoms with van der Waals surface area (Å²) in [6.45, 7) is 0.230. The summed E-state index contributed by atoms with van der Waals surface area (Å²) in [5.41, 5.74) is 4.42. The summed E-state index contributed by atoms with van der Waals surface area (Å²) >= 11 is 1.28. The van der Waals surface area contributed by atoms with Gasteiger partial charge in [-0.3, -0.25) is 9.36 Å². The van der Waals surface area contributed by atoms with Gasteiger partial charge in [-0.05, 0) is 42.0 Å². The number of benzene rings is 2. The maximum atomic E-state index is 12.2. The highest BCUT2D eigenvalue weighted by Gasteiger charge is 2.18. The van der Waals surface area contributed by atoms with Crippen molar-refractivity contribution in [1.29, 1.82) is 0 Å². The molecule has 1 aliphatic rings. The Labute approximate surface area is 193 Å². The van der Waals surface area contributed by atoms with E-state index < -0.39 is 0 Å². The first kappa shape index (κ1) is 20.8. The number of rotatable bonds is 8. The number of thioether (sulfide) groups is 1. The minimum atomic E-state index is -0.261. The Morgan fingerprint density at radius 2 is 1.97 bits per heavy atom. The van der Waals surface area contributed by atoms with Crippen LogP contribution >= 0.6 is 11.8 Å². The Kier molecular flexibility index (Phi) is 6.07. The molecule has 4 aromatic rings. The van der Waals surface area contributed by atoms with Crippen molar-refractivity contribution in [2.75, 3.05) is 12.5 Å². The smallest absolute Gasteiger partial charge is 0.250 e. The highest BCUT2D eigenvalue weighted by atomic mass is 32.2. The second-order valence-electron chi connectivity index (χ2n) is 7.03. The SMILES string of the molecule is O=C(CSc1nnc(Cc2ccc3c(c2)OCO3)n1-c1ccccc1)N/N=C/c1ccco1. The molecule has 2 aromatic carbocycles. The van der Waals surface area contributed by atoms with Crippen molar-refractivity contribution < 1.29 is 18.7 Å². The second kappa shape index (κ2) is 9.61. The molecule has 1 amide bonds. The molecule has 1 N–H and O–H groups in total. The van der Waals surface area contributed by atoms with Gasteiger partial charge in [-0.25, -0.2) is 5.43 Å². The summed E-state index contributed by atoms with van der Waals surface area (Å²) in [7, 11) is 0. The molecule has 5 rings (SSSR count). The molecule has 33 heavy (non-hydrogen) atoms. The maximum Gasteiger partial charge on any atom is 0.250 e. The van der Waals surface area contributed by atoms with Crippen molar-refractivity contribution >= 4 is 23.9 Å². The molecule has 1 aliphatic heterocycles. The van der Waals surface area contributed by atoms with Gasteiger partial charge < -0.3 is 13.9 Å². The molecule has 166 valence electrons. The Balaban J connectivity index is 1.32. The molecule has 0 radical (unpaired) electrons. The maximum absolute atomic E-state index is 12.2. The molecule has 0 atom stereocenters. The molecule has 10 heteroatoms. The Hall–Kier alpha value is -4.05. The van der Waals surface area contributed by atoms with Gasteiger partial charge in [0, 0.05) is 12.1 Å². The van der Waals surface area contributed by atoms with E-state index in [-0.39, 0.29) is 18.5 Å². The number of amides is 1. The normalized spacial score (nSPS) is 12.4. The number of nitrogens with one attached hydrogen (secondary N) is 1. The van der Waals surface area contributed by atoms with Gasteiger partial charge in [0.05, 0.1) is 18.2 Å². The van der Waals surface area contributed by atoms with E-state index in [1.165, 1.54) is 24.2 Å². The van der Waals surface area contributed by atoms with Crippen LogP contribution in [0.15, 0.2) is 81.6 Å². The van der Waals surface area contributed by atoms with E-state index in [1.54, 1.807) is 12.1 Å². The number of fused-ring (bicyclic) bond motifs is 1. The third kappa shape index (κ3) is 4.90. The van der Waals surface area contributed by atoms with Crippen LogP contribution in [0.4, 0.5) is 0 Å². The van der Waals surface area contributed by atoms with E-state index >= 15 is 0 Å². The van der Waals surface area contributed by atoms with Crippen molar-refractivity contribution in [2.24, 2.45) is 5.10 Å². The molecule has 9 nitrogen and oxygen atoms in total. The molecule has 0 saturated carbocycles. The molecule has 0 spiro atoms. The van der Waals surface area contributed by atoms with E-state index in [4.69, 9.17) is 13.9 Å². The highest BCUT2D eigenvalue weighted by Crippen LogP contribution is 2.33. The third-order valence-electron chi connectivity index (χ3n) is 4.77. The molecule has 0 saturated heterocycles. The van der Waals surface area contributed by atoms with Crippen molar-refractivity contribution in [3.05, 3.63) is 84.1 Å². The number of aromatic nitrogens is 3. The minimum Gasteiger partial charge on any atom is -0.463 e. The topological polar surface area (TPSA) is 104 Å². The zero-order valence-electron chi connectivity index (χ0n) is 17.4.